The molecule has 7 nitrogen and oxygen atoms in total. The van der Waals surface area contributed by atoms with Crippen molar-refractivity contribution >= 4 is 38.6 Å². The van der Waals surface area contributed by atoms with Crippen molar-refractivity contribution in [2.75, 3.05) is 6.54 Å². The molecular formula is C24H23ClN4O3S. The summed E-state index contributed by atoms with van der Waals surface area (Å²) in [6, 6.07) is 21.2. The standard InChI is InChI=1S/C24H23ClN4O3S/c25-19-13-12-18(15-22(19)33(31,32)27-16-17-7-2-1-3-8-17)24(30)26-14-6-11-23-28-20-9-4-5-10-21(20)29-23/h1-5,7-10,12-13,15,27H,6,11,14,16H2,(H,26,30)(H,28,29). The molecule has 33 heavy (non-hydrogen) atoms. The quantitative estimate of drug-likeness (QED) is 0.313. The van der Waals surface area contributed by atoms with E-state index in [2.05, 4.69) is 20.0 Å². The van der Waals surface area contributed by atoms with Gasteiger partial charge in [-0.1, -0.05) is 54.1 Å². The Balaban J connectivity index is 1.35. The van der Waals surface area contributed by atoms with E-state index in [1.54, 1.807) is 0 Å². The highest BCUT2D eigenvalue weighted by molar-refractivity contribution is 7.89. The SMILES string of the molecule is O=C(NCCCc1nc2ccccc2[nH]1)c1ccc(Cl)c(S(=O)(=O)NCc2ccccc2)c1. The van der Waals surface area contributed by atoms with Crippen molar-refractivity contribution in [3.63, 3.8) is 0 Å². The molecule has 1 amide bonds. The number of hydrogen-bond donors (Lipinski definition) is 3. The van der Waals surface area contributed by atoms with E-state index in [4.69, 9.17) is 11.6 Å². The van der Waals surface area contributed by atoms with E-state index in [-0.39, 0.29) is 27.9 Å². The molecule has 1 heterocycles. The van der Waals surface area contributed by atoms with E-state index >= 15 is 0 Å². The minimum atomic E-state index is -3.89. The zero-order valence-corrected chi connectivity index (χ0v) is 19.3. The molecule has 4 rings (SSSR count). The van der Waals surface area contributed by atoms with Gasteiger partial charge in [0, 0.05) is 25.1 Å². The smallest absolute Gasteiger partial charge is 0.251 e. The summed E-state index contributed by atoms with van der Waals surface area (Å²) >= 11 is 6.13. The molecule has 0 fully saturated rings. The third kappa shape index (κ3) is 5.78. The summed E-state index contributed by atoms with van der Waals surface area (Å²) in [6.07, 6.45) is 1.36. The van der Waals surface area contributed by atoms with Crippen molar-refractivity contribution in [1.29, 1.82) is 0 Å². The minimum Gasteiger partial charge on any atom is -0.352 e. The van der Waals surface area contributed by atoms with Crippen molar-refractivity contribution in [1.82, 2.24) is 20.0 Å². The second kappa shape index (κ2) is 10.2. The van der Waals surface area contributed by atoms with Gasteiger partial charge in [-0.15, -0.1) is 0 Å². The van der Waals surface area contributed by atoms with Gasteiger partial charge in [0.05, 0.1) is 16.1 Å². The van der Waals surface area contributed by atoms with Gasteiger partial charge in [-0.05, 0) is 42.3 Å². The molecule has 0 spiro atoms. The largest absolute Gasteiger partial charge is 0.352 e. The normalized spacial score (nSPS) is 11.5. The monoisotopic (exact) mass is 482 g/mol. The molecule has 170 valence electrons. The first-order chi connectivity index (χ1) is 15.9. The average molecular weight is 483 g/mol. The van der Waals surface area contributed by atoms with Crippen molar-refractivity contribution < 1.29 is 13.2 Å². The fourth-order valence-electron chi connectivity index (χ4n) is 3.39. The van der Waals surface area contributed by atoms with E-state index in [1.807, 2.05) is 54.6 Å². The van der Waals surface area contributed by atoms with E-state index in [0.29, 0.717) is 19.4 Å². The first-order valence-electron chi connectivity index (χ1n) is 10.5. The molecule has 4 aromatic rings. The van der Waals surface area contributed by atoms with E-state index in [1.165, 1.54) is 18.2 Å². The summed E-state index contributed by atoms with van der Waals surface area (Å²) < 4.78 is 28.0. The number of nitrogens with zero attached hydrogens (tertiary/aromatic N) is 1. The molecule has 0 saturated heterocycles. The molecule has 0 aliphatic carbocycles. The number of imidazole rings is 1. The molecule has 3 aromatic carbocycles. The maximum atomic E-state index is 12.8. The summed E-state index contributed by atoms with van der Waals surface area (Å²) in [4.78, 5) is 20.2. The van der Waals surface area contributed by atoms with Crippen molar-refractivity contribution in [2.45, 2.75) is 24.3 Å². The molecule has 0 radical (unpaired) electrons. The number of carbonyl (C=O) groups excluding carboxylic acids is 1. The zero-order chi connectivity index (χ0) is 23.3. The maximum absolute atomic E-state index is 12.8. The molecule has 0 saturated carbocycles. The molecule has 0 aliphatic heterocycles. The Kier molecular flexibility index (Phi) is 7.08. The highest BCUT2D eigenvalue weighted by atomic mass is 35.5. The minimum absolute atomic E-state index is 0.0528. The Labute approximate surface area is 197 Å². The van der Waals surface area contributed by atoms with Crippen LogP contribution >= 0.6 is 11.6 Å². The number of amides is 1. The van der Waals surface area contributed by atoms with Gasteiger partial charge in [0.2, 0.25) is 10.0 Å². The molecule has 0 bridgehead atoms. The number of aromatic amines is 1. The van der Waals surface area contributed by atoms with Crippen molar-refractivity contribution in [2.24, 2.45) is 0 Å². The van der Waals surface area contributed by atoms with Crippen LogP contribution in [0.15, 0.2) is 77.7 Å². The van der Waals surface area contributed by atoms with Gasteiger partial charge in [-0.2, -0.15) is 0 Å². The number of sulfonamides is 1. The summed E-state index contributed by atoms with van der Waals surface area (Å²) in [7, 11) is -3.89. The van der Waals surface area contributed by atoms with Crippen LogP contribution in [-0.2, 0) is 23.0 Å². The van der Waals surface area contributed by atoms with Crippen molar-refractivity contribution in [3.8, 4) is 0 Å². The van der Waals surface area contributed by atoms with Crippen molar-refractivity contribution in [3.05, 3.63) is 94.8 Å². The zero-order valence-electron chi connectivity index (χ0n) is 17.7. The maximum Gasteiger partial charge on any atom is 0.251 e. The Hall–Kier alpha value is -3.20. The summed E-state index contributed by atoms with van der Waals surface area (Å²) in [5.41, 5.74) is 2.93. The van der Waals surface area contributed by atoms with Crippen LogP contribution in [0, 0.1) is 0 Å². The summed E-state index contributed by atoms with van der Waals surface area (Å²) in [5.74, 6) is 0.491. The second-order valence-corrected chi connectivity index (χ2v) is 9.66. The number of aryl methyl sites for hydroxylation is 1. The van der Waals surface area contributed by atoms with Crippen LogP contribution in [0.3, 0.4) is 0 Å². The number of aromatic nitrogens is 2. The number of halogens is 1. The lowest BCUT2D eigenvalue weighted by Gasteiger charge is -2.11. The second-order valence-electron chi connectivity index (χ2n) is 7.52. The Morgan fingerprint density at radius 3 is 2.55 bits per heavy atom. The average Bonchev–Trinajstić information content (AvgIpc) is 3.24. The predicted molar refractivity (Wildman–Crippen MR) is 129 cm³/mol. The van der Waals surface area contributed by atoms with Crippen LogP contribution in [0.25, 0.3) is 11.0 Å². The number of rotatable bonds is 9. The molecule has 0 aliphatic rings. The van der Waals surface area contributed by atoms with E-state index < -0.39 is 10.0 Å². The number of hydrogen-bond acceptors (Lipinski definition) is 4. The molecule has 3 N–H and O–H groups in total. The Morgan fingerprint density at radius 1 is 1.00 bits per heavy atom. The van der Waals surface area contributed by atoms with Crippen LogP contribution in [0.4, 0.5) is 0 Å². The summed E-state index contributed by atoms with van der Waals surface area (Å²) in [6.45, 7) is 0.546. The van der Waals surface area contributed by atoms with Crippen LogP contribution in [0.2, 0.25) is 5.02 Å². The van der Waals surface area contributed by atoms with Gasteiger partial charge in [0.1, 0.15) is 10.7 Å². The fraction of sp³-hybridized carbons (Fsp3) is 0.167. The number of fused-ring (bicyclic) bond motifs is 1. The molecule has 9 heteroatoms. The number of nitrogens with one attached hydrogen (secondary N) is 3. The number of carbonyl (C=O) groups is 1. The number of H-pyrrole nitrogens is 1. The fourth-order valence-corrected chi connectivity index (χ4v) is 4.93. The molecular weight excluding hydrogens is 460 g/mol. The lowest BCUT2D eigenvalue weighted by molar-refractivity contribution is 0.0953. The first kappa shape index (κ1) is 23.0. The lowest BCUT2D eigenvalue weighted by atomic mass is 10.2. The Bertz CT molecular complexity index is 1340. The molecule has 0 atom stereocenters. The van der Waals surface area contributed by atoms with E-state index in [0.717, 1.165) is 22.4 Å². The Morgan fingerprint density at radius 2 is 1.76 bits per heavy atom. The number of para-hydroxylation sites is 2. The van der Waals surface area contributed by atoms with E-state index in [9.17, 15) is 13.2 Å². The predicted octanol–water partition coefficient (Wildman–Crippen LogP) is 4.06. The van der Waals surface area contributed by atoms with Gasteiger partial charge in [-0.25, -0.2) is 18.1 Å². The highest BCUT2D eigenvalue weighted by Gasteiger charge is 2.20. The molecule has 1 aromatic heterocycles. The van der Waals surface area contributed by atoms with Gasteiger partial charge < -0.3 is 10.3 Å². The van der Waals surface area contributed by atoms with Crippen LogP contribution in [-0.4, -0.2) is 30.8 Å². The van der Waals surface area contributed by atoms with Gasteiger partial charge >= 0.3 is 0 Å². The lowest BCUT2D eigenvalue weighted by Crippen LogP contribution is -2.26. The number of benzene rings is 3. The first-order valence-corrected chi connectivity index (χ1v) is 12.3. The molecule has 0 unspecified atom stereocenters. The summed E-state index contributed by atoms with van der Waals surface area (Å²) in [5, 5.41) is 2.87. The van der Waals surface area contributed by atoms with Crippen LogP contribution in [0.5, 0.6) is 0 Å². The van der Waals surface area contributed by atoms with Gasteiger partial charge in [-0.3, -0.25) is 4.79 Å². The topological polar surface area (TPSA) is 104 Å². The van der Waals surface area contributed by atoms with Gasteiger partial charge in [0.15, 0.2) is 0 Å². The van der Waals surface area contributed by atoms with Crippen LogP contribution < -0.4 is 10.0 Å². The third-order valence-corrected chi connectivity index (χ3v) is 6.99. The highest BCUT2D eigenvalue weighted by Crippen LogP contribution is 2.23. The third-order valence-electron chi connectivity index (χ3n) is 5.11. The van der Waals surface area contributed by atoms with Gasteiger partial charge in [0.25, 0.3) is 5.91 Å². The van der Waals surface area contributed by atoms with Crippen LogP contribution in [0.1, 0.15) is 28.2 Å².